The van der Waals surface area contributed by atoms with E-state index < -0.39 is 32.5 Å². The molecule has 0 saturated carbocycles. The summed E-state index contributed by atoms with van der Waals surface area (Å²) in [5.74, 6) is -1.61. The van der Waals surface area contributed by atoms with Gasteiger partial charge in [0.15, 0.2) is 0 Å². The summed E-state index contributed by atoms with van der Waals surface area (Å²) >= 11 is 0. The fourth-order valence-corrected chi connectivity index (χ4v) is 3.73. The molecule has 1 aliphatic heterocycles. The van der Waals surface area contributed by atoms with Gasteiger partial charge < -0.3 is 5.32 Å². The summed E-state index contributed by atoms with van der Waals surface area (Å²) in [6.07, 6.45) is -3.48. The van der Waals surface area contributed by atoms with Gasteiger partial charge in [0.25, 0.3) is 0 Å². The van der Waals surface area contributed by atoms with Crippen LogP contribution in [0.15, 0.2) is 23.1 Å². The van der Waals surface area contributed by atoms with Crippen LogP contribution in [0.4, 0.5) is 17.6 Å². The van der Waals surface area contributed by atoms with Crippen molar-refractivity contribution in [3.63, 3.8) is 0 Å². The van der Waals surface area contributed by atoms with Crippen molar-refractivity contribution in [1.82, 2.24) is 10.0 Å². The first-order valence-corrected chi connectivity index (χ1v) is 8.22. The molecule has 2 atom stereocenters. The highest BCUT2D eigenvalue weighted by atomic mass is 32.2. The molecule has 0 aliphatic carbocycles. The highest BCUT2D eigenvalue weighted by Crippen LogP contribution is 2.32. The molecule has 0 amide bonds. The molecule has 1 fully saturated rings. The van der Waals surface area contributed by atoms with E-state index in [2.05, 4.69) is 10.0 Å². The van der Waals surface area contributed by atoms with Crippen LogP contribution in [0, 0.1) is 5.82 Å². The van der Waals surface area contributed by atoms with E-state index in [0.717, 1.165) is 19.0 Å². The minimum absolute atomic E-state index is 0.108. The average molecular weight is 340 g/mol. The number of hydrogen-bond donors (Lipinski definition) is 2. The molecule has 4 nitrogen and oxygen atoms in total. The Morgan fingerprint density at radius 2 is 2.00 bits per heavy atom. The number of benzene rings is 1. The third-order valence-corrected chi connectivity index (χ3v) is 5.11. The molecule has 0 radical (unpaired) electrons. The number of alkyl halides is 3. The molecule has 22 heavy (non-hydrogen) atoms. The van der Waals surface area contributed by atoms with Gasteiger partial charge >= 0.3 is 6.18 Å². The topological polar surface area (TPSA) is 58.2 Å². The van der Waals surface area contributed by atoms with Crippen LogP contribution in [-0.2, 0) is 16.2 Å². The Morgan fingerprint density at radius 3 is 2.55 bits per heavy atom. The van der Waals surface area contributed by atoms with E-state index >= 15 is 0 Å². The van der Waals surface area contributed by atoms with Crippen LogP contribution in [-0.4, -0.2) is 27.0 Å². The van der Waals surface area contributed by atoms with Crippen molar-refractivity contribution in [1.29, 1.82) is 0 Å². The monoisotopic (exact) mass is 340 g/mol. The van der Waals surface area contributed by atoms with Gasteiger partial charge in [0, 0.05) is 12.1 Å². The minimum atomic E-state index is -4.86. The Labute approximate surface area is 126 Å². The summed E-state index contributed by atoms with van der Waals surface area (Å²) in [7, 11) is -4.07. The van der Waals surface area contributed by atoms with Crippen molar-refractivity contribution in [2.45, 2.75) is 42.9 Å². The molecule has 9 heteroatoms. The Balaban J connectivity index is 2.24. The zero-order valence-corrected chi connectivity index (χ0v) is 12.6. The predicted octanol–water partition coefficient (Wildman–Crippen LogP) is 2.26. The van der Waals surface area contributed by atoms with Crippen LogP contribution in [0.2, 0.25) is 0 Å². The van der Waals surface area contributed by atoms with E-state index in [-0.39, 0.29) is 12.1 Å². The summed E-state index contributed by atoms with van der Waals surface area (Å²) in [5, 5.41) is 3.10. The second-order valence-electron chi connectivity index (χ2n) is 5.25. The summed E-state index contributed by atoms with van der Waals surface area (Å²) in [6, 6.07) is 1.10. The SMILES string of the molecule is CC1NCCCC1NS(=O)(=O)c1ccc(C(F)(F)F)c(F)c1. The van der Waals surface area contributed by atoms with E-state index in [4.69, 9.17) is 0 Å². The van der Waals surface area contributed by atoms with Crippen LogP contribution in [0.3, 0.4) is 0 Å². The van der Waals surface area contributed by atoms with Gasteiger partial charge in [0.2, 0.25) is 10.0 Å². The van der Waals surface area contributed by atoms with Crippen LogP contribution in [0.5, 0.6) is 0 Å². The highest BCUT2D eigenvalue weighted by Gasteiger charge is 2.35. The molecule has 1 aliphatic rings. The standard InChI is InChI=1S/C13H16F4N2O2S/c1-8-12(3-2-6-18-8)19-22(20,21)9-4-5-10(11(14)7-9)13(15,16)17/h4-5,7-8,12,18-19H,2-3,6H2,1H3. The van der Waals surface area contributed by atoms with Crippen LogP contribution in [0.25, 0.3) is 0 Å². The van der Waals surface area contributed by atoms with Gasteiger partial charge in [-0.05, 0) is 44.5 Å². The number of hydrogen-bond acceptors (Lipinski definition) is 3. The summed E-state index contributed by atoms with van der Waals surface area (Å²) in [5.41, 5.74) is -1.49. The van der Waals surface area contributed by atoms with Gasteiger partial charge in [-0.25, -0.2) is 17.5 Å². The Morgan fingerprint density at radius 1 is 1.32 bits per heavy atom. The summed E-state index contributed by atoms with van der Waals surface area (Å²) in [4.78, 5) is -0.518. The van der Waals surface area contributed by atoms with Crippen LogP contribution in [0.1, 0.15) is 25.3 Å². The largest absolute Gasteiger partial charge is 0.419 e. The normalized spacial score (nSPS) is 23.5. The van der Waals surface area contributed by atoms with E-state index in [1.165, 1.54) is 0 Å². The number of nitrogens with one attached hydrogen (secondary N) is 2. The first kappa shape index (κ1) is 17.2. The number of piperidine rings is 1. The van der Waals surface area contributed by atoms with Crippen molar-refractivity contribution in [2.24, 2.45) is 0 Å². The Hall–Kier alpha value is -1.19. The zero-order valence-electron chi connectivity index (χ0n) is 11.7. The fourth-order valence-electron chi connectivity index (χ4n) is 2.37. The molecule has 124 valence electrons. The minimum Gasteiger partial charge on any atom is -0.313 e. The summed E-state index contributed by atoms with van der Waals surface area (Å²) < 4.78 is 77.7. The number of rotatable bonds is 3. The molecule has 1 saturated heterocycles. The van der Waals surface area contributed by atoms with Crippen LogP contribution >= 0.6 is 0 Å². The molecule has 2 rings (SSSR count). The second kappa shape index (κ2) is 6.13. The molecule has 2 N–H and O–H groups in total. The third kappa shape index (κ3) is 3.76. The Kier molecular flexibility index (Phi) is 4.78. The number of sulfonamides is 1. The van der Waals surface area contributed by atoms with Crippen LogP contribution < -0.4 is 10.0 Å². The van der Waals surface area contributed by atoms with Crippen molar-refractivity contribution in [2.75, 3.05) is 6.54 Å². The number of halogens is 4. The maximum atomic E-state index is 13.5. The highest BCUT2D eigenvalue weighted by molar-refractivity contribution is 7.89. The lowest BCUT2D eigenvalue weighted by Crippen LogP contribution is -2.51. The van der Waals surface area contributed by atoms with E-state index in [9.17, 15) is 26.0 Å². The smallest absolute Gasteiger partial charge is 0.313 e. The maximum absolute atomic E-state index is 13.5. The predicted molar refractivity (Wildman–Crippen MR) is 72.2 cm³/mol. The first-order chi connectivity index (χ1) is 10.1. The van der Waals surface area contributed by atoms with Crippen molar-refractivity contribution >= 4 is 10.0 Å². The van der Waals surface area contributed by atoms with Gasteiger partial charge in [0.05, 0.1) is 10.5 Å². The van der Waals surface area contributed by atoms with E-state index in [0.29, 0.717) is 18.6 Å². The van der Waals surface area contributed by atoms with Gasteiger partial charge in [0.1, 0.15) is 5.82 Å². The molecule has 0 aromatic heterocycles. The van der Waals surface area contributed by atoms with Gasteiger partial charge in [-0.1, -0.05) is 0 Å². The zero-order chi connectivity index (χ0) is 16.5. The molecule has 1 aromatic carbocycles. The molecule has 2 unspecified atom stereocenters. The van der Waals surface area contributed by atoms with E-state index in [1.807, 2.05) is 0 Å². The lowest BCUT2D eigenvalue weighted by atomic mass is 10.0. The third-order valence-electron chi connectivity index (χ3n) is 3.62. The molecular weight excluding hydrogens is 324 g/mol. The first-order valence-electron chi connectivity index (χ1n) is 6.74. The van der Waals surface area contributed by atoms with Gasteiger partial charge in [-0.3, -0.25) is 0 Å². The van der Waals surface area contributed by atoms with E-state index in [1.54, 1.807) is 6.92 Å². The molecule has 1 heterocycles. The molecular formula is C13H16F4N2O2S. The van der Waals surface area contributed by atoms with Crippen molar-refractivity contribution in [3.05, 3.63) is 29.6 Å². The van der Waals surface area contributed by atoms with Gasteiger partial charge in [-0.15, -0.1) is 0 Å². The lowest BCUT2D eigenvalue weighted by Gasteiger charge is -2.30. The van der Waals surface area contributed by atoms with Gasteiger partial charge in [-0.2, -0.15) is 13.2 Å². The quantitative estimate of drug-likeness (QED) is 0.830. The second-order valence-corrected chi connectivity index (χ2v) is 6.97. The summed E-state index contributed by atoms with van der Waals surface area (Å²) in [6.45, 7) is 2.58. The molecule has 0 spiro atoms. The lowest BCUT2D eigenvalue weighted by molar-refractivity contribution is -0.140. The maximum Gasteiger partial charge on any atom is 0.419 e. The average Bonchev–Trinajstić information content (AvgIpc) is 2.39. The fraction of sp³-hybridized carbons (Fsp3) is 0.538. The Bertz CT molecular complexity index is 646. The van der Waals surface area contributed by atoms with Crippen molar-refractivity contribution < 1.29 is 26.0 Å². The molecule has 0 bridgehead atoms. The molecule has 1 aromatic rings. The van der Waals surface area contributed by atoms with Crippen molar-refractivity contribution in [3.8, 4) is 0 Å².